The number of amides is 1. The Balaban J connectivity index is 1.87. The van der Waals surface area contributed by atoms with Crippen molar-refractivity contribution in [1.29, 1.82) is 0 Å². The minimum atomic E-state index is -1.09. The third-order valence-corrected chi connectivity index (χ3v) is 3.60. The average Bonchev–Trinajstić information content (AvgIpc) is 2.93. The number of rotatable bonds is 2. The molecular weight excluding hydrogens is 244 g/mol. The first-order valence-corrected chi connectivity index (χ1v) is 5.67. The molecule has 0 aromatic carbocycles. The van der Waals surface area contributed by atoms with Crippen LogP contribution in [0, 0.1) is 0 Å². The molecule has 1 aromatic heterocycles. The van der Waals surface area contributed by atoms with Gasteiger partial charge in [-0.2, -0.15) is 0 Å². The van der Waals surface area contributed by atoms with E-state index < -0.39 is 5.97 Å². The summed E-state index contributed by atoms with van der Waals surface area (Å²) in [5, 5.41) is 13.8. The number of thioether (sulfide) groups is 1. The Kier molecular flexibility index (Phi) is 2.08. The number of carbonyl (C=O) groups is 2. The molecule has 1 aromatic rings. The fourth-order valence-electron chi connectivity index (χ4n) is 1.72. The standard InChI is InChI=1S/C10H6N2O4S/c13-8-6(3-5-1-2-16-11-5)9-12(8)7(4-17-9)10(14)15/h1-4,9H,(H,14,15)/t9-/m0/s1. The zero-order valence-corrected chi connectivity index (χ0v) is 9.18. The molecule has 1 amide bonds. The van der Waals surface area contributed by atoms with Gasteiger partial charge in [-0.05, 0) is 6.08 Å². The Labute approximate surface area is 99.6 Å². The topological polar surface area (TPSA) is 83.6 Å². The van der Waals surface area contributed by atoms with Gasteiger partial charge in [-0.1, -0.05) is 5.16 Å². The second-order valence-electron chi connectivity index (χ2n) is 3.50. The maximum Gasteiger partial charge on any atom is 0.353 e. The number of aliphatic carboxylic acids is 1. The molecule has 0 aliphatic carbocycles. The third kappa shape index (κ3) is 1.39. The van der Waals surface area contributed by atoms with Crippen LogP contribution in [0.2, 0.25) is 0 Å². The van der Waals surface area contributed by atoms with E-state index in [4.69, 9.17) is 5.11 Å². The smallest absolute Gasteiger partial charge is 0.353 e. The summed E-state index contributed by atoms with van der Waals surface area (Å²) in [4.78, 5) is 23.9. The number of carbonyl (C=O) groups excluding carboxylic acids is 1. The van der Waals surface area contributed by atoms with Crippen LogP contribution in [0.25, 0.3) is 6.08 Å². The second-order valence-corrected chi connectivity index (χ2v) is 4.45. The molecule has 1 N–H and O–H groups in total. The molecule has 86 valence electrons. The Morgan fingerprint density at radius 1 is 1.65 bits per heavy atom. The number of carboxylic acids is 1. The van der Waals surface area contributed by atoms with Crippen molar-refractivity contribution < 1.29 is 19.2 Å². The lowest BCUT2D eigenvalue weighted by atomic mass is 10.0. The summed E-state index contributed by atoms with van der Waals surface area (Å²) in [6.45, 7) is 0. The molecule has 17 heavy (non-hydrogen) atoms. The molecule has 0 bridgehead atoms. The maximum atomic E-state index is 11.8. The fourth-order valence-corrected chi connectivity index (χ4v) is 2.84. The minimum Gasteiger partial charge on any atom is -0.477 e. The molecule has 2 aliphatic heterocycles. The van der Waals surface area contributed by atoms with Crippen LogP contribution in [0.1, 0.15) is 5.69 Å². The quantitative estimate of drug-likeness (QED) is 0.620. The Morgan fingerprint density at radius 2 is 2.47 bits per heavy atom. The van der Waals surface area contributed by atoms with E-state index in [0.29, 0.717) is 11.3 Å². The molecule has 0 radical (unpaired) electrons. The highest BCUT2D eigenvalue weighted by molar-refractivity contribution is 8.03. The highest BCUT2D eigenvalue weighted by Crippen LogP contribution is 2.44. The molecule has 3 rings (SSSR count). The van der Waals surface area contributed by atoms with E-state index in [1.54, 1.807) is 12.1 Å². The van der Waals surface area contributed by atoms with Crippen LogP contribution in [0.3, 0.4) is 0 Å². The Hall–Kier alpha value is -2.02. The van der Waals surface area contributed by atoms with Gasteiger partial charge in [0.1, 0.15) is 23.0 Å². The summed E-state index contributed by atoms with van der Waals surface area (Å²) < 4.78 is 4.66. The summed E-state index contributed by atoms with van der Waals surface area (Å²) in [5.41, 5.74) is 1.12. The van der Waals surface area contributed by atoms with Crippen molar-refractivity contribution in [2.45, 2.75) is 5.37 Å². The number of hydrogen-bond donors (Lipinski definition) is 1. The van der Waals surface area contributed by atoms with Crippen molar-refractivity contribution in [3.05, 3.63) is 34.7 Å². The predicted octanol–water partition coefficient (Wildman–Crippen LogP) is 0.899. The molecule has 2 aliphatic rings. The predicted molar refractivity (Wildman–Crippen MR) is 58.4 cm³/mol. The molecule has 0 spiro atoms. The van der Waals surface area contributed by atoms with Crippen LogP contribution < -0.4 is 0 Å². The number of hydrogen-bond acceptors (Lipinski definition) is 5. The van der Waals surface area contributed by atoms with Gasteiger partial charge < -0.3 is 9.63 Å². The maximum absolute atomic E-state index is 11.8. The molecule has 7 heteroatoms. The third-order valence-electron chi connectivity index (χ3n) is 2.51. The summed E-state index contributed by atoms with van der Waals surface area (Å²) >= 11 is 1.30. The van der Waals surface area contributed by atoms with Gasteiger partial charge in [-0.15, -0.1) is 11.8 Å². The number of fused-ring (bicyclic) bond motifs is 1. The van der Waals surface area contributed by atoms with Crippen LogP contribution in [-0.4, -0.2) is 32.4 Å². The Bertz CT molecular complexity index is 561. The molecule has 3 heterocycles. The highest BCUT2D eigenvalue weighted by atomic mass is 32.2. The van der Waals surface area contributed by atoms with E-state index in [0.717, 1.165) is 0 Å². The summed E-state index contributed by atoms with van der Waals surface area (Å²) in [5.74, 6) is -1.38. The van der Waals surface area contributed by atoms with Crippen LogP contribution in [0.5, 0.6) is 0 Å². The van der Waals surface area contributed by atoms with Crippen LogP contribution in [0.4, 0.5) is 0 Å². The van der Waals surface area contributed by atoms with Crippen molar-refractivity contribution >= 4 is 29.7 Å². The molecule has 1 atom stereocenters. The van der Waals surface area contributed by atoms with E-state index in [2.05, 4.69) is 9.68 Å². The van der Waals surface area contributed by atoms with Gasteiger partial charge in [0.2, 0.25) is 0 Å². The van der Waals surface area contributed by atoms with Gasteiger partial charge in [0.15, 0.2) is 0 Å². The van der Waals surface area contributed by atoms with Gasteiger partial charge in [0.25, 0.3) is 5.91 Å². The first kappa shape index (κ1) is 10.2. The van der Waals surface area contributed by atoms with E-state index in [1.165, 1.54) is 28.3 Å². The normalized spacial score (nSPS) is 24.6. The van der Waals surface area contributed by atoms with Crippen molar-refractivity contribution in [2.75, 3.05) is 0 Å². The van der Waals surface area contributed by atoms with Gasteiger partial charge in [-0.25, -0.2) is 4.79 Å². The second kappa shape index (κ2) is 3.49. The van der Waals surface area contributed by atoms with Crippen molar-refractivity contribution in [3.63, 3.8) is 0 Å². The van der Waals surface area contributed by atoms with Crippen LogP contribution in [0.15, 0.2) is 33.5 Å². The van der Waals surface area contributed by atoms with Crippen LogP contribution in [-0.2, 0) is 9.59 Å². The van der Waals surface area contributed by atoms with E-state index >= 15 is 0 Å². The van der Waals surface area contributed by atoms with Crippen molar-refractivity contribution in [2.24, 2.45) is 0 Å². The highest BCUT2D eigenvalue weighted by Gasteiger charge is 2.49. The largest absolute Gasteiger partial charge is 0.477 e. The molecule has 6 nitrogen and oxygen atoms in total. The lowest BCUT2D eigenvalue weighted by Gasteiger charge is -2.36. The molecule has 1 saturated heterocycles. The zero-order chi connectivity index (χ0) is 12.0. The summed E-state index contributed by atoms with van der Waals surface area (Å²) in [6, 6.07) is 1.63. The number of nitrogens with zero attached hydrogens (tertiary/aromatic N) is 2. The number of carboxylic acid groups (broad SMARTS) is 1. The van der Waals surface area contributed by atoms with Crippen molar-refractivity contribution in [1.82, 2.24) is 10.1 Å². The average molecular weight is 250 g/mol. The molecule has 0 saturated carbocycles. The van der Waals surface area contributed by atoms with Gasteiger partial charge in [-0.3, -0.25) is 9.69 Å². The van der Waals surface area contributed by atoms with Crippen molar-refractivity contribution in [3.8, 4) is 0 Å². The zero-order valence-electron chi connectivity index (χ0n) is 8.36. The van der Waals surface area contributed by atoms with Gasteiger partial charge >= 0.3 is 5.97 Å². The molecule has 0 unspecified atom stereocenters. The van der Waals surface area contributed by atoms with Gasteiger partial charge in [0.05, 0.1) is 5.57 Å². The Morgan fingerprint density at radius 3 is 3.12 bits per heavy atom. The number of β-lactam (4-membered cyclic amide) rings is 1. The lowest BCUT2D eigenvalue weighted by Crippen LogP contribution is -2.51. The summed E-state index contributed by atoms with van der Waals surface area (Å²) in [7, 11) is 0. The molecular formula is C10H6N2O4S. The number of aromatic nitrogens is 1. The van der Waals surface area contributed by atoms with E-state index in [9.17, 15) is 9.59 Å². The van der Waals surface area contributed by atoms with Crippen LogP contribution >= 0.6 is 11.8 Å². The lowest BCUT2D eigenvalue weighted by molar-refractivity contribution is -0.141. The fraction of sp³-hybridized carbons (Fsp3) is 0.100. The first-order chi connectivity index (χ1) is 8.18. The molecule has 1 fully saturated rings. The first-order valence-electron chi connectivity index (χ1n) is 4.73. The monoisotopic (exact) mass is 250 g/mol. The minimum absolute atomic E-state index is 0.0299. The van der Waals surface area contributed by atoms with E-state index in [1.807, 2.05) is 0 Å². The SMILES string of the molecule is O=C(O)C1=CS[C@H]2C(=Cc3ccon3)C(=O)N12. The summed E-state index contributed by atoms with van der Waals surface area (Å²) in [6.07, 6.45) is 3.02. The van der Waals surface area contributed by atoms with E-state index in [-0.39, 0.29) is 17.0 Å². The van der Waals surface area contributed by atoms with Gasteiger partial charge in [0, 0.05) is 11.5 Å².